The second-order valence-corrected chi connectivity index (χ2v) is 5.58. The summed E-state index contributed by atoms with van der Waals surface area (Å²) in [5.74, 6) is -0.523. The average Bonchev–Trinajstić information content (AvgIpc) is 3.12. The van der Waals surface area contributed by atoms with Gasteiger partial charge in [-0.1, -0.05) is 30.3 Å². The lowest BCUT2D eigenvalue weighted by Crippen LogP contribution is -2.26. The van der Waals surface area contributed by atoms with Gasteiger partial charge in [-0.05, 0) is 24.1 Å². The molecule has 0 fully saturated rings. The van der Waals surface area contributed by atoms with Crippen molar-refractivity contribution in [2.45, 2.75) is 18.9 Å². The van der Waals surface area contributed by atoms with E-state index in [0.717, 1.165) is 18.1 Å². The lowest BCUT2D eigenvalue weighted by molar-refractivity contribution is 0.432. The molecule has 116 valence electrons. The summed E-state index contributed by atoms with van der Waals surface area (Å²) in [6.45, 7) is 0. The Bertz CT molecular complexity index is 931. The van der Waals surface area contributed by atoms with E-state index in [1.807, 2.05) is 30.3 Å². The fourth-order valence-electron chi connectivity index (χ4n) is 3.09. The number of benzene rings is 2. The zero-order chi connectivity index (χ0) is 16.0. The first-order valence-electron chi connectivity index (χ1n) is 7.39. The molecule has 5 nitrogen and oxygen atoms in total. The van der Waals surface area contributed by atoms with Crippen molar-refractivity contribution in [2.75, 3.05) is 0 Å². The van der Waals surface area contributed by atoms with Crippen LogP contribution in [0.3, 0.4) is 0 Å². The Balaban J connectivity index is 1.82. The maximum absolute atomic E-state index is 13.2. The minimum atomic E-state index is -0.726. The summed E-state index contributed by atoms with van der Waals surface area (Å²) in [5.41, 5.74) is 1.13. The van der Waals surface area contributed by atoms with Crippen LogP contribution < -0.4 is 5.69 Å². The normalized spacial score (nSPS) is 16.5. The highest BCUT2D eigenvalue weighted by Crippen LogP contribution is 2.29. The Morgan fingerprint density at radius 1 is 1.17 bits per heavy atom. The molecule has 0 spiro atoms. The first-order chi connectivity index (χ1) is 11.1. The second-order valence-electron chi connectivity index (χ2n) is 5.58. The van der Waals surface area contributed by atoms with E-state index in [1.54, 1.807) is 4.57 Å². The Morgan fingerprint density at radius 2 is 1.96 bits per heavy atom. The van der Waals surface area contributed by atoms with Crippen LogP contribution in [0.4, 0.5) is 4.39 Å². The molecule has 2 heterocycles. The lowest BCUT2D eigenvalue weighted by Gasteiger charge is -2.11. The van der Waals surface area contributed by atoms with Gasteiger partial charge in [0.15, 0.2) is 11.6 Å². The zero-order valence-electron chi connectivity index (χ0n) is 12.2. The zero-order valence-corrected chi connectivity index (χ0v) is 12.2. The first-order valence-corrected chi connectivity index (χ1v) is 7.39. The van der Waals surface area contributed by atoms with Crippen molar-refractivity contribution in [3.8, 4) is 11.4 Å². The van der Waals surface area contributed by atoms with Crippen LogP contribution in [0.15, 0.2) is 53.3 Å². The molecule has 1 N–H and O–H groups in total. The number of phenolic OH excluding ortho intramolecular Hbond substituents is 1. The minimum absolute atomic E-state index is 0.0403. The molecule has 0 aliphatic carbocycles. The van der Waals surface area contributed by atoms with Gasteiger partial charge in [0.05, 0.1) is 11.7 Å². The van der Waals surface area contributed by atoms with Crippen molar-refractivity contribution in [3.05, 3.63) is 76.2 Å². The number of fused-ring (bicyclic) bond motifs is 1. The molecule has 0 unspecified atom stereocenters. The number of aryl methyl sites for hydroxylation is 1. The van der Waals surface area contributed by atoms with E-state index in [-0.39, 0.29) is 11.7 Å². The SMILES string of the molecule is O=c1n(-c2ccc(F)c(O)c2)nc2n1[C@H](c1ccccc1)CC2. The molecule has 1 aromatic heterocycles. The summed E-state index contributed by atoms with van der Waals surface area (Å²) >= 11 is 0. The molecule has 0 saturated heterocycles. The molecule has 0 radical (unpaired) electrons. The Kier molecular flexibility index (Phi) is 3.04. The van der Waals surface area contributed by atoms with Gasteiger partial charge in [0.2, 0.25) is 0 Å². The van der Waals surface area contributed by atoms with Crippen LogP contribution in [0, 0.1) is 5.82 Å². The highest BCUT2D eigenvalue weighted by atomic mass is 19.1. The van der Waals surface area contributed by atoms with Crippen molar-refractivity contribution in [1.29, 1.82) is 0 Å². The number of aromatic nitrogens is 3. The van der Waals surface area contributed by atoms with E-state index < -0.39 is 11.6 Å². The third kappa shape index (κ3) is 2.14. The highest BCUT2D eigenvalue weighted by molar-refractivity contribution is 5.39. The van der Waals surface area contributed by atoms with Gasteiger partial charge in [-0.3, -0.25) is 4.57 Å². The molecule has 0 bridgehead atoms. The first kappa shape index (κ1) is 13.8. The van der Waals surface area contributed by atoms with Crippen molar-refractivity contribution in [2.24, 2.45) is 0 Å². The predicted molar refractivity (Wildman–Crippen MR) is 82.3 cm³/mol. The fraction of sp³-hybridized carbons (Fsp3) is 0.176. The summed E-state index contributed by atoms with van der Waals surface area (Å²) < 4.78 is 16.1. The number of hydrogen-bond donors (Lipinski definition) is 1. The Hall–Kier alpha value is -2.89. The molecule has 4 rings (SSSR count). The molecule has 1 atom stereocenters. The molecule has 2 aromatic carbocycles. The summed E-state index contributed by atoms with van der Waals surface area (Å²) in [6.07, 6.45) is 1.53. The second kappa shape index (κ2) is 5.08. The number of phenols is 1. The van der Waals surface area contributed by atoms with E-state index in [0.29, 0.717) is 17.9 Å². The van der Waals surface area contributed by atoms with Crippen LogP contribution in [0.2, 0.25) is 0 Å². The third-order valence-electron chi connectivity index (χ3n) is 4.19. The van der Waals surface area contributed by atoms with Gasteiger partial charge in [-0.2, -0.15) is 4.68 Å². The molecule has 1 aliphatic heterocycles. The Morgan fingerprint density at radius 3 is 2.70 bits per heavy atom. The van der Waals surface area contributed by atoms with Gasteiger partial charge in [0, 0.05) is 12.5 Å². The van der Waals surface area contributed by atoms with Crippen molar-refractivity contribution in [1.82, 2.24) is 14.3 Å². The van der Waals surface area contributed by atoms with E-state index in [1.165, 1.54) is 16.8 Å². The van der Waals surface area contributed by atoms with Crippen molar-refractivity contribution in [3.63, 3.8) is 0 Å². The highest BCUT2D eigenvalue weighted by Gasteiger charge is 2.29. The predicted octanol–water partition coefficient (Wildman–Crippen LogP) is 2.41. The van der Waals surface area contributed by atoms with Crippen LogP contribution in [0.5, 0.6) is 5.75 Å². The smallest absolute Gasteiger partial charge is 0.351 e. The van der Waals surface area contributed by atoms with Crippen molar-refractivity contribution >= 4 is 0 Å². The number of hydrogen-bond acceptors (Lipinski definition) is 3. The van der Waals surface area contributed by atoms with Gasteiger partial charge < -0.3 is 5.11 Å². The summed E-state index contributed by atoms with van der Waals surface area (Å²) in [4.78, 5) is 12.7. The van der Waals surface area contributed by atoms with E-state index in [9.17, 15) is 14.3 Å². The van der Waals surface area contributed by atoms with Crippen LogP contribution >= 0.6 is 0 Å². The van der Waals surface area contributed by atoms with Gasteiger partial charge in [0.1, 0.15) is 5.82 Å². The maximum Gasteiger partial charge on any atom is 0.351 e. The molecule has 0 amide bonds. The topological polar surface area (TPSA) is 60.1 Å². The standard InChI is InChI=1S/C17H14FN3O2/c18-13-7-6-12(10-15(13)22)21-17(23)20-14(8-9-16(20)19-21)11-4-2-1-3-5-11/h1-7,10,14,22H,8-9H2/t14-/m0/s1. The third-order valence-corrected chi connectivity index (χ3v) is 4.19. The van der Waals surface area contributed by atoms with Crippen LogP contribution in [-0.4, -0.2) is 19.5 Å². The van der Waals surface area contributed by atoms with E-state index in [4.69, 9.17) is 0 Å². The summed E-state index contributed by atoms with van der Waals surface area (Å²) in [5, 5.41) is 13.8. The van der Waals surface area contributed by atoms with E-state index >= 15 is 0 Å². The quantitative estimate of drug-likeness (QED) is 0.790. The summed E-state index contributed by atoms with van der Waals surface area (Å²) in [7, 11) is 0. The Labute approximate surface area is 131 Å². The molecule has 23 heavy (non-hydrogen) atoms. The number of aromatic hydroxyl groups is 1. The molecule has 3 aromatic rings. The number of halogens is 1. The summed E-state index contributed by atoms with van der Waals surface area (Å²) in [6, 6.07) is 13.5. The molecular formula is C17H14FN3O2. The fourth-order valence-corrected chi connectivity index (χ4v) is 3.09. The van der Waals surface area contributed by atoms with Gasteiger partial charge in [-0.15, -0.1) is 5.10 Å². The van der Waals surface area contributed by atoms with Crippen LogP contribution in [-0.2, 0) is 6.42 Å². The molecule has 0 saturated carbocycles. The van der Waals surface area contributed by atoms with Gasteiger partial charge >= 0.3 is 5.69 Å². The largest absolute Gasteiger partial charge is 0.505 e. The molecule has 6 heteroatoms. The monoisotopic (exact) mass is 311 g/mol. The minimum Gasteiger partial charge on any atom is -0.505 e. The van der Waals surface area contributed by atoms with E-state index in [2.05, 4.69) is 5.10 Å². The van der Waals surface area contributed by atoms with Crippen LogP contribution in [0.1, 0.15) is 23.9 Å². The lowest BCUT2D eigenvalue weighted by atomic mass is 10.1. The van der Waals surface area contributed by atoms with Crippen molar-refractivity contribution < 1.29 is 9.50 Å². The molecular weight excluding hydrogens is 297 g/mol. The van der Waals surface area contributed by atoms with Gasteiger partial charge in [0.25, 0.3) is 0 Å². The van der Waals surface area contributed by atoms with Gasteiger partial charge in [-0.25, -0.2) is 9.18 Å². The number of nitrogens with zero attached hydrogens (tertiary/aromatic N) is 3. The maximum atomic E-state index is 13.2. The average molecular weight is 311 g/mol. The number of rotatable bonds is 2. The van der Waals surface area contributed by atoms with Crippen LogP contribution in [0.25, 0.3) is 5.69 Å². The molecule has 1 aliphatic rings.